The number of nitrogens with one attached hydrogen (secondary N) is 1. The van der Waals surface area contributed by atoms with Crippen molar-refractivity contribution in [2.75, 3.05) is 13.7 Å². The first-order valence-corrected chi connectivity index (χ1v) is 9.42. The smallest absolute Gasteiger partial charge is 0.330 e. The van der Waals surface area contributed by atoms with Gasteiger partial charge in [-0.3, -0.25) is 4.79 Å². The van der Waals surface area contributed by atoms with Gasteiger partial charge in [0.25, 0.3) is 0 Å². The van der Waals surface area contributed by atoms with E-state index >= 15 is 0 Å². The molecule has 0 aromatic heterocycles. The van der Waals surface area contributed by atoms with Crippen LogP contribution in [-0.2, 0) is 25.5 Å². The Balaban J connectivity index is 2.58. The van der Waals surface area contributed by atoms with Gasteiger partial charge in [0.05, 0.1) is 7.11 Å². The molecule has 0 bridgehead atoms. The van der Waals surface area contributed by atoms with Crippen molar-refractivity contribution in [2.24, 2.45) is 5.92 Å². The summed E-state index contributed by atoms with van der Waals surface area (Å²) in [5, 5.41) is 3.33. The Labute approximate surface area is 163 Å². The van der Waals surface area contributed by atoms with Gasteiger partial charge in [0.15, 0.2) is 0 Å². The van der Waals surface area contributed by atoms with E-state index in [-0.39, 0.29) is 18.0 Å². The average Bonchev–Trinajstić information content (AvgIpc) is 2.58. The second-order valence-corrected chi connectivity index (χ2v) is 8.02. The highest BCUT2D eigenvalue weighted by Crippen LogP contribution is 2.13. The summed E-state index contributed by atoms with van der Waals surface area (Å²) < 4.78 is 10.1. The summed E-state index contributed by atoms with van der Waals surface area (Å²) in [7, 11) is 1.35. The monoisotopic (exact) mass is 375 g/mol. The lowest BCUT2D eigenvalue weighted by Gasteiger charge is -2.25. The average molecular weight is 376 g/mol. The Morgan fingerprint density at radius 2 is 1.78 bits per heavy atom. The molecule has 150 valence electrons. The van der Waals surface area contributed by atoms with Crippen LogP contribution in [0.3, 0.4) is 0 Å². The third kappa shape index (κ3) is 9.94. The first kappa shape index (κ1) is 22.9. The molecule has 5 heteroatoms. The topological polar surface area (TPSA) is 64.6 Å². The van der Waals surface area contributed by atoms with E-state index in [2.05, 4.69) is 23.9 Å². The number of benzene rings is 1. The fourth-order valence-corrected chi connectivity index (χ4v) is 2.53. The predicted molar refractivity (Wildman–Crippen MR) is 108 cm³/mol. The quantitative estimate of drug-likeness (QED) is 0.526. The molecule has 0 saturated heterocycles. The molecule has 0 unspecified atom stereocenters. The van der Waals surface area contributed by atoms with E-state index in [1.54, 1.807) is 6.08 Å². The van der Waals surface area contributed by atoms with Gasteiger partial charge in [0.1, 0.15) is 11.6 Å². The van der Waals surface area contributed by atoms with E-state index in [4.69, 9.17) is 4.74 Å². The molecule has 1 N–H and O–H groups in total. The standard InChI is InChI=1S/C22H33NO4/c1-16(2)15-19(21(25)27-22(3,4)5)23-14-13-18-9-7-17(8-10-18)11-12-20(24)26-6/h7-12,16,19,23H,13-15H2,1-6H3/b12-11+/t19-/m1/s1. The van der Waals surface area contributed by atoms with Gasteiger partial charge in [0.2, 0.25) is 0 Å². The summed E-state index contributed by atoms with van der Waals surface area (Å²) in [5.74, 6) is -0.169. The number of hydrogen-bond acceptors (Lipinski definition) is 5. The van der Waals surface area contributed by atoms with Gasteiger partial charge < -0.3 is 14.8 Å². The molecule has 0 heterocycles. The second-order valence-electron chi connectivity index (χ2n) is 8.02. The lowest BCUT2D eigenvalue weighted by molar-refractivity contribution is -0.158. The largest absolute Gasteiger partial charge is 0.466 e. The summed E-state index contributed by atoms with van der Waals surface area (Å²) in [5.41, 5.74) is 1.61. The normalized spacial score (nSPS) is 13.0. The Morgan fingerprint density at radius 1 is 1.15 bits per heavy atom. The highest BCUT2D eigenvalue weighted by molar-refractivity contribution is 5.86. The lowest BCUT2D eigenvalue weighted by Crippen LogP contribution is -2.42. The van der Waals surface area contributed by atoms with Crippen molar-refractivity contribution in [1.82, 2.24) is 5.32 Å². The summed E-state index contributed by atoms with van der Waals surface area (Å²) in [4.78, 5) is 23.5. The zero-order chi connectivity index (χ0) is 20.4. The van der Waals surface area contributed by atoms with Crippen molar-refractivity contribution in [3.63, 3.8) is 0 Å². The minimum atomic E-state index is -0.485. The molecular weight excluding hydrogens is 342 g/mol. The van der Waals surface area contributed by atoms with Gasteiger partial charge in [-0.25, -0.2) is 4.79 Å². The van der Waals surface area contributed by atoms with Gasteiger partial charge in [0, 0.05) is 6.08 Å². The van der Waals surface area contributed by atoms with E-state index in [0.717, 1.165) is 24.0 Å². The number of hydrogen-bond donors (Lipinski definition) is 1. The molecule has 0 aliphatic heterocycles. The Kier molecular flexibility index (Phi) is 9.22. The maximum absolute atomic E-state index is 12.4. The molecule has 0 aliphatic rings. The van der Waals surface area contributed by atoms with E-state index in [1.807, 2.05) is 45.0 Å². The highest BCUT2D eigenvalue weighted by Gasteiger charge is 2.25. The lowest BCUT2D eigenvalue weighted by atomic mass is 10.0. The molecule has 27 heavy (non-hydrogen) atoms. The minimum absolute atomic E-state index is 0.195. The molecule has 0 radical (unpaired) electrons. The van der Waals surface area contributed by atoms with Crippen LogP contribution < -0.4 is 5.32 Å². The third-order valence-electron chi connectivity index (χ3n) is 3.80. The Bertz CT molecular complexity index is 627. The number of carbonyl (C=O) groups is 2. The maximum Gasteiger partial charge on any atom is 0.330 e. The first-order chi connectivity index (χ1) is 12.6. The van der Waals surface area contributed by atoms with Crippen LogP contribution in [0, 0.1) is 5.92 Å². The van der Waals surface area contributed by atoms with Crippen molar-refractivity contribution >= 4 is 18.0 Å². The number of rotatable bonds is 9. The summed E-state index contributed by atoms with van der Waals surface area (Å²) in [6.07, 6.45) is 4.66. The fourth-order valence-electron chi connectivity index (χ4n) is 2.53. The zero-order valence-electron chi connectivity index (χ0n) is 17.4. The first-order valence-electron chi connectivity index (χ1n) is 9.42. The van der Waals surface area contributed by atoms with Crippen LogP contribution in [0.5, 0.6) is 0 Å². The molecule has 0 saturated carbocycles. The fraction of sp³-hybridized carbons (Fsp3) is 0.545. The number of esters is 2. The van der Waals surface area contributed by atoms with Crippen LogP contribution in [0.4, 0.5) is 0 Å². The molecule has 0 aliphatic carbocycles. The van der Waals surface area contributed by atoms with Gasteiger partial charge in [-0.15, -0.1) is 0 Å². The van der Waals surface area contributed by atoms with Crippen LogP contribution in [0.15, 0.2) is 30.3 Å². The SMILES string of the molecule is COC(=O)/C=C/c1ccc(CCN[C@H](CC(C)C)C(=O)OC(C)(C)C)cc1. The van der Waals surface area contributed by atoms with E-state index in [0.29, 0.717) is 12.5 Å². The molecule has 1 rings (SSSR count). The Hall–Kier alpha value is -2.14. The minimum Gasteiger partial charge on any atom is -0.466 e. The van der Waals surface area contributed by atoms with Crippen molar-refractivity contribution in [2.45, 2.75) is 59.1 Å². The van der Waals surface area contributed by atoms with Crippen LogP contribution in [-0.4, -0.2) is 37.2 Å². The summed E-state index contributed by atoms with van der Waals surface area (Å²) in [6, 6.07) is 7.64. The van der Waals surface area contributed by atoms with Crippen molar-refractivity contribution < 1.29 is 19.1 Å². The van der Waals surface area contributed by atoms with Gasteiger partial charge in [-0.1, -0.05) is 38.1 Å². The summed E-state index contributed by atoms with van der Waals surface area (Å²) in [6.45, 7) is 10.5. The summed E-state index contributed by atoms with van der Waals surface area (Å²) >= 11 is 0. The van der Waals surface area contributed by atoms with Crippen LogP contribution in [0.1, 0.15) is 52.2 Å². The molecular formula is C22H33NO4. The van der Waals surface area contributed by atoms with E-state index < -0.39 is 5.60 Å². The molecule has 1 atom stereocenters. The van der Waals surface area contributed by atoms with Crippen molar-refractivity contribution in [3.8, 4) is 0 Å². The van der Waals surface area contributed by atoms with E-state index in [9.17, 15) is 9.59 Å². The highest BCUT2D eigenvalue weighted by atomic mass is 16.6. The molecule has 1 aromatic carbocycles. The van der Waals surface area contributed by atoms with Crippen molar-refractivity contribution in [1.29, 1.82) is 0 Å². The van der Waals surface area contributed by atoms with Crippen LogP contribution in [0.25, 0.3) is 6.08 Å². The number of ether oxygens (including phenoxy) is 2. The van der Waals surface area contributed by atoms with E-state index in [1.165, 1.54) is 13.2 Å². The third-order valence-corrected chi connectivity index (χ3v) is 3.80. The number of methoxy groups -OCH3 is 1. The maximum atomic E-state index is 12.4. The van der Waals surface area contributed by atoms with Gasteiger partial charge in [-0.2, -0.15) is 0 Å². The van der Waals surface area contributed by atoms with Crippen LogP contribution >= 0.6 is 0 Å². The molecule has 0 spiro atoms. The number of carbonyl (C=O) groups excluding carboxylic acids is 2. The molecule has 1 aromatic rings. The van der Waals surface area contributed by atoms with Crippen LogP contribution in [0.2, 0.25) is 0 Å². The van der Waals surface area contributed by atoms with Gasteiger partial charge >= 0.3 is 11.9 Å². The molecule has 0 fully saturated rings. The second kappa shape index (κ2) is 10.9. The van der Waals surface area contributed by atoms with Crippen molar-refractivity contribution in [3.05, 3.63) is 41.5 Å². The molecule has 0 amide bonds. The zero-order valence-corrected chi connectivity index (χ0v) is 17.4. The Morgan fingerprint density at radius 3 is 2.30 bits per heavy atom. The predicted octanol–water partition coefficient (Wildman–Crippen LogP) is 3.76. The molecule has 5 nitrogen and oxygen atoms in total. The van der Waals surface area contributed by atoms with Gasteiger partial charge in [-0.05, 0) is 63.3 Å².